The first kappa shape index (κ1) is 22.6. The Labute approximate surface area is 210 Å². The fourth-order valence-electron chi connectivity index (χ4n) is 5.55. The van der Waals surface area contributed by atoms with E-state index in [-0.39, 0.29) is 0 Å². The lowest BCUT2D eigenvalue weighted by molar-refractivity contribution is -0.128. The Kier molecular flexibility index (Phi) is 6.06. The molecule has 0 spiro atoms. The van der Waals surface area contributed by atoms with Gasteiger partial charge in [-0.15, -0.1) is 0 Å². The molecular formula is C31H28O5. The lowest BCUT2D eigenvalue weighted by atomic mass is 9.86. The van der Waals surface area contributed by atoms with Crippen molar-refractivity contribution in [2.24, 2.45) is 5.92 Å². The molecule has 3 aliphatic rings. The summed E-state index contributed by atoms with van der Waals surface area (Å²) in [5, 5.41) is 1.26. The summed E-state index contributed by atoms with van der Waals surface area (Å²) in [7, 11) is 0. The number of carbonyl (C=O) groups excluding carboxylic acids is 2. The zero-order valence-corrected chi connectivity index (χ0v) is 20.1. The third-order valence-electron chi connectivity index (χ3n) is 7.39. The monoisotopic (exact) mass is 480 g/mol. The lowest BCUT2D eigenvalue weighted by Crippen LogP contribution is -2.11. The van der Waals surface area contributed by atoms with Crippen molar-refractivity contribution in [3.8, 4) is 17.2 Å². The summed E-state index contributed by atoms with van der Waals surface area (Å²) >= 11 is 0. The summed E-state index contributed by atoms with van der Waals surface area (Å²) in [4.78, 5) is 25.4. The molecule has 3 aromatic carbocycles. The molecule has 2 aliphatic heterocycles. The van der Waals surface area contributed by atoms with Crippen LogP contribution in [0, 0.1) is 5.92 Å². The molecule has 0 bridgehead atoms. The molecule has 0 unspecified atom stereocenters. The first-order valence-corrected chi connectivity index (χ1v) is 12.8. The quantitative estimate of drug-likeness (QED) is 0.280. The van der Waals surface area contributed by atoms with Gasteiger partial charge in [0.1, 0.15) is 17.2 Å². The zero-order valence-electron chi connectivity index (χ0n) is 20.1. The van der Waals surface area contributed by atoms with Gasteiger partial charge in [0.2, 0.25) is 0 Å². The van der Waals surface area contributed by atoms with E-state index in [1.165, 1.54) is 38.5 Å². The molecule has 182 valence electrons. The second-order valence-electron chi connectivity index (χ2n) is 9.76. The number of fused-ring (bicyclic) bond motifs is 2. The van der Waals surface area contributed by atoms with E-state index in [0.29, 0.717) is 39.7 Å². The van der Waals surface area contributed by atoms with E-state index in [1.807, 2.05) is 54.6 Å². The number of hydrogen-bond donors (Lipinski definition) is 0. The first-order valence-electron chi connectivity index (χ1n) is 12.8. The van der Waals surface area contributed by atoms with Gasteiger partial charge in [-0.25, -0.2) is 9.59 Å². The minimum atomic E-state index is -0.414. The van der Waals surface area contributed by atoms with Gasteiger partial charge in [0.25, 0.3) is 0 Å². The van der Waals surface area contributed by atoms with Gasteiger partial charge in [0.05, 0.1) is 17.8 Å². The van der Waals surface area contributed by atoms with Gasteiger partial charge in [-0.1, -0.05) is 74.6 Å². The average Bonchev–Trinajstić information content (AvgIpc) is 3.40. The molecule has 0 radical (unpaired) electrons. The van der Waals surface area contributed by atoms with Gasteiger partial charge in [-0.05, 0) is 54.2 Å². The molecule has 3 aromatic rings. The number of carbonyl (C=O) groups is 2. The van der Waals surface area contributed by atoms with Crippen LogP contribution in [-0.2, 0) is 9.59 Å². The van der Waals surface area contributed by atoms with Crippen LogP contribution in [0.15, 0.2) is 66.7 Å². The molecule has 1 saturated carbocycles. The van der Waals surface area contributed by atoms with Crippen LogP contribution in [0.3, 0.4) is 0 Å². The number of ether oxygens (including phenoxy) is 3. The maximum atomic E-state index is 12.8. The minimum absolute atomic E-state index is 0.405. The Balaban J connectivity index is 1.24. The molecule has 2 heterocycles. The van der Waals surface area contributed by atoms with Crippen molar-refractivity contribution >= 4 is 23.1 Å². The molecule has 0 aromatic heterocycles. The fraction of sp³-hybridized carbons (Fsp3) is 0.290. The van der Waals surface area contributed by atoms with Crippen molar-refractivity contribution in [2.75, 3.05) is 6.61 Å². The maximum Gasteiger partial charge on any atom is 0.344 e. The molecule has 5 heteroatoms. The summed E-state index contributed by atoms with van der Waals surface area (Å²) < 4.78 is 17.1. The number of esters is 2. The Morgan fingerprint density at radius 3 is 1.92 bits per heavy atom. The van der Waals surface area contributed by atoms with Gasteiger partial charge in [0.15, 0.2) is 0 Å². The smallest absolute Gasteiger partial charge is 0.344 e. The van der Waals surface area contributed by atoms with Crippen molar-refractivity contribution in [1.29, 1.82) is 0 Å². The van der Waals surface area contributed by atoms with E-state index in [1.54, 1.807) is 12.1 Å². The highest BCUT2D eigenvalue weighted by Gasteiger charge is 2.30. The molecule has 0 N–H and O–H groups in total. The van der Waals surface area contributed by atoms with E-state index in [9.17, 15) is 9.59 Å². The summed E-state index contributed by atoms with van der Waals surface area (Å²) in [6.45, 7) is 0.703. The minimum Gasteiger partial charge on any atom is -0.494 e. The van der Waals surface area contributed by atoms with Crippen molar-refractivity contribution in [2.45, 2.75) is 44.9 Å². The van der Waals surface area contributed by atoms with Crippen molar-refractivity contribution in [3.05, 3.63) is 88.3 Å². The number of benzene rings is 3. The highest BCUT2D eigenvalue weighted by Crippen LogP contribution is 2.29. The van der Waals surface area contributed by atoms with Crippen LogP contribution in [0.5, 0.6) is 17.2 Å². The van der Waals surface area contributed by atoms with Gasteiger partial charge in [0, 0.05) is 10.4 Å². The molecule has 0 atom stereocenters. The van der Waals surface area contributed by atoms with E-state index >= 15 is 0 Å². The Morgan fingerprint density at radius 2 is 1.31 bits per heavy atom. The van der Waals surface area contributed by atoms with Crippen molar-refractivity contribution < 1.29 is 23.8 Å². The van der Waals surface area contributed by atoms with Crippen molar-refractivity contribution in [3.63, 3.8) is 0 Å². The predicted octanol–water partition coefficient (Wildman–Crippen LogP) is 4.66. The van der Waals surface area contributed by atoms with Crippen LogP contribution in [0.4, 0.5) is 0 Å². The maximum absolute atomic E-state index is 12.8. The zero-order chi connectivity index (χ0) is 24.5. The van der Waals surface area contributed by atoms with E-state index < -0.39 is 11.9 Å². The Bertz CT molecular complexity index is 1430. The van der Waals surface area contributed by atoms with Crippen LogP contribution in [0.1, 0.15) is 56.1 Å². The number of hydrogen-bond acceptors (Lipinski definition) is 5. The van der Waals surface area contributed by atoms with Gasteiger partial charge >= 0.3 is 11.9 Å². The Hall–Kier alpha value is -3.86. The van der Waals surface area contributed by atoms with Crippen LogP contribution in [0.25, 0.3) is 11.1 Å². The summed E-state index contributed by atoms with van der Waals surface area (Å²) in [5.41, 5.74) is 2.44. The second-order valence-corrected chi connectivity index (χ2v) is 9.76. The SMILES string of the molecule is O=C1Oc2cc3c(cc2=C1c1ccccc1)OC(=O)C=3c1ccc(OCCCC2CCCCC2)cc1. The topological polar surface area (TPSA) is 61.8 Å². The molecule has 0 amide bonds. The predicted molar refractivity (Wildman–Crippen MR) is 136 cm³/mol. The largest absolute Gasteiger partial charge is 0.494 e. The van der Waals surface area contributed by atoms with Crippen molar-refractivity contribution in [1.82, 2.24) is 0 Å². The highest BCUT2D eigenvalue weighted by molar-refractivity contribution is 6.21. The van der Waals surface area contributed by atoms with Gasteiger partial charge < -0.3 is 14.2 Å². The normalized spacial score (nSPS) is 17.0. The molecule has 1 aliphatic carbocycles. The average molecular weight is 481 g/mol. The molecule has 6 rings (SSSR count). The number of rotatable bonds is 7. The third-order valence-corrected chi connectivity index (χ3v) is 7.39. The van der Waals surface area contributed by atoms with Crippen LogP contribution in [0.2, 0.25) is 0 Å². The standard InChI is InChI=1S/C31H28O5/c32-30-28(21-11-5-2-6-12-21)24-18-27-25(19-26(24)35-30)29(31(33)36-27)22-13-15-23(16-14-22)34-17-7-10-20-8-3-1-4-9-20/h2,5-6,11-16,18-20H,1,3-4,7-10,17H2. The third kappa shape index (κ3) is 4.30. The molecule has 5 nitrogen and oxygen atoms in total. The summed E-state index contributed by atoms with van der Waals surface area (Å²) in [6, 6.07) is 20.4. The molecule has 0 saturated heterocycles. The second kappa shape index (κ2) is 9.65. The molecular weight excluding hydrogens is 452 g/mol. The molecule has 36 heavy (non-hydrogen) atoms. The fourth-order valence-corrected chi connectivity index (χ4v) is 5.55. The van der Waals surface area contributed by atoms with Gasteiger partial charge in [-0.3, -0.25) is 0 Å². The van der Waals surface area contributed by atoms with E-state index in [4.69, 9.17) is 14.2 Å². The van der Waals surface area contributed by atoms with Gasteiger partial charge in [-0.2, -0.15) is 0 Å². The van der Waals surface area contributed by atoms with Crippen LogP contribution >= 0.6 is 0 Å². The summed E-state index contributed by atoms with van der Waals surface area (Å²) in [6.07, 6.45) is 9.14. The summed E-state index contributed by atoms with van der Waals surface area (Å²) in [5.74, 6) is 1.70. The lowest BCUT2D eigenvalue weighted by Gasteiger charge is -2.21. The van der Waals surface area contributed by atoms with E-state index in [0.717, 1.165) is 29.2 Å². The van der Waals surface area contributed by atoms with Crippen LogP contribution in [-0.4, -0.2) is 18.5 Å². The van der Waals surface area contributed by atoms with E-state index in [2.05, 4.69) is 0 Å². The first-order chi connectivity index (χ1) is 17.7. The highest BCUT2D eigenvalue weighted by atomic mass is 16.5. The Morgan fingerprint density at radius 1 is 0.722 bits per heavy atom. The van der Waals surface area contributed by atoms with Crippen LogP contribution < -0.4 is 24.6 Å². The molecule has 1 fully saturated rings.